The van der Waals surface area contributed by atoms with Crippen LogP contribution in [0, 0.1) is 3.57 Å². The van der Waals surface area contributed by atoms with Gasteiger partial charge in [-0.1, -0.05) is 11.6 Å². The van der Waals surface area contributed by atoms with Crippen molar-refractivity contribution in [1.29, 1.82) is 0 Å². The van der Waals surface area contributed by atoms with Crippen LogP contribution in [-0.2, 0) is 9.59 Å². The van der Waals surface area contributed by atoms with Gasteiger partial charge in [0.25, 0.3) is 11.8 Å². The number of carbonyl (C=O) groups is 3. The lowest BCUT2D eigenvalue weighted by molar-refractivity contribution is -0.122. The van der Waals surface area contributed by atoms with E-state index >= 15 is 0 Å². The Balaban J connectivity index is 2.02. The minimum Gasteiger partial charge on any atom is -0.493 e. The summed E-state index contributed by atoms with van der Waals surface area (Å²) in [5, 5.41) is 2.65. The maximum absolute atomic E-state index is 12.9. The summed E-state index contributed by atoms with van der Waals surface area (Å²) in [7, 11) is 1.50. The molecule has 0 saturated carbocycles. The molecule has 0 atom stereocenters. The molecule has 1 aliphatic rings. The zero-order valence-electron chi connectivity index (χ0n) is 15.5. The van der Waals surface area contributed by atoms with Gasteiger partial charge in [0.15, 0.2) is 11.5 Å². The number of nitrogens with one attached hydrogen (secondary N) is 1. The van der Waals surface area contributed by atoms with E-state index in [-0.39, 0.29) is 5.57 Å². The molecule has 0 bridgehead atoms. The molecule has 0 aliphatic carbocycles. The molecule has 1 aliphatic heterocycles. The number of anilines is 1. The van der Waals surface area contributed by atoms with Crippen molar-refractivity contribution in [3.63, 3.8) is 0 Å². The van der Waals surface area contributed by atoms with Crippen molar-refractivity contribution in [1.82, 2.24) is 5.32 Å². The minimum atomic E-state index is -0.821. The summed E-state index contributed by atoms with van der Waals surface area (Å²) in [5.41, 5.74) is 0.675. The SMILES string of the molecule is CCOc1c(I)cc(/C=C2/C(=O)NC(=O)N(c3ccc(Cl)cc3)C2=O)cc1OC. The number of methoxy groups -OCH3 is 1. The van der Waals surface area contributed by atoms with Gasteiger partial charge in [0.2, 0.25) is 0 Å². The summed E-state index contributed by atoms with van der Waals surface area (Å²) in [6, 6.07) is 8.74. The maximum atomic E-state index is 12.9. The van der Waals surface area contributed by atoms with Gasteiger partial charge >= 0.3 is 6.03 Å². The first kappa shape index (κ1) is 21.1. The van der Waals surface area contributed by atoms with E-state index in [1.165, 1.54) is 25.3 Å². The molecule has 4 amide bonds. The van der Waals surface area contributed by atoms with Crippen LogP contribution in [0.5, 0.6) is 11.5 Å². The van der Waals surface area contributed by atoms with Crippen LogP contribution in [0.15, 0.2) is 42.0 Å². The lowest BCUT2D eigenvalue weighted by atomic mass is 10.1. The molecule has 150 valence electrons. The summed E-state index contributed by atoms with van der Waals surface area (Å²) in [4.78, 5) is 38.4. The summed E-state index contributed by atoms with van der Waals surface area (Å²) in [6.07, 6.45) is 1.41. The molecular formula is C20H16ClIN2O5. The normalized spacial score (nSPS) is 15.5. The predicted molar refractivity (Wildman–Crippen MR) is 117 cm³/mol. The Kier molecular flexibility index (Phi) is 6.43. The van der Waals surface area contributed by atoms with E-state index < -0.39 is 17.8 Å². The van der Waals surface area contributed by atoms with Crippen LogP contribution in [0.2, 0.25) is 5.02 Å². The van der Waals surface area contributed by atoms with Crippen LogP contribution in [0.1, 0.15) is 12.5 Å². The van der Waals surface area contributed by atoms with Crippen molar-refractivity contribution in [3.05, 3.63) is 56.1 Å². The number of amides is 4. The van der Waals surface area contributed by atoms with Gasteiger partial charge < -0.3 is 9.47 Å². The van der Waals surface area contributed by atoms with Crippen LogP contribution >= 0.6 is 34.2 Å². The van der Waals surface area contributed by atoms with Gasteiger partial charge in [0.05, 0.1) is 23.0 Å². The molecule has 2 aromatic rings. The van der Waals surface area contributed by atoms with Crippen LogP contribution in [0.25, 0.3) is 6.08 Å². The summed E-state index contributed by atoms with van der Waals surface area (Å²) in [5.74, 6) is -0.452. The fourth-order valence-electron chi connectivity index (χ4n) is 2.76. The fraction of sp³-hybridized carbons (Fsp3) is 0.150. The van der Waals surface area contributed by atoms with Gasteiger partial charge in [-0.2, -0.15) is 0 Å². The number of ether oxygens (including phenoxy) is 2. The van der Waals surface area contributed by atoms with Gasteiger partial charge in [0.1, 0.15) is 5.57 Å². The van der Waals surface area contributed by atoms with E-state index in [9.17, 15) is 14.4 Å². The molecule has 0 unspecified atom stereocenters. The Labute approximate surface area is 185 Å². The fourth-order valence-corrected chi connectivity index (χ4v) is 3.66. The van der Waals surface area contributed by atoms with Crippen molar-refractivity contribution in [3.8, 4) is 11.5 Å². The third-order valence-electron chi connectivity index (χ3n) is 4.04. The summed E-state index contributed by atoms with van der Waals surface area (Å²) in [6.45, 7) is 2.32. The van der Waals surface area contributed by atoms with E-state index in [4.69, 9.17) is 21.1 Å². The Bertz CT molecular complexity index is 1020. The van der Waals surface area contributed by atoms with Gasteiger partial charge in [-0.15, -0.1) is 0 Å². The third-order valence-corrected chi connectivity index (χ3v) is 5.09. The quantitative estimate of drug-likeness (QED) is 0.361. The molecule has 2 aromatic carbocycles. The van der Waals surface area contributed by atoms with E-state index in [1.807, 2.05) is 6.92 Å². The van der Waals surface area contributed by atoms with Gasteiger partial charge in [-0.3, -0.25) is 14.9 Å². The molecule has 7 nitrogen and oxygen atoms in total. The predicted octanol–water partition coefficient (Wildman–Crippen LogP) is 4.02. The molecule has 0 aromatic heterocycles. The second-order valence-electron chi connectivity index (χ2n) is 5.90. The highest BCUT2D eigenvalue weighted by Crippen LogP contribution is 2.35. The van der Waals surface area contributed by atoms with Crippen LogP contribution in [0.4, 0.5) is 10.5 Å². The lowest BCUT2D eigenvalue weighted by Gasteiger charge is -2.26. The van der Waals surface area contributed by atoms with Crippen LogP contribution in [0.3, 0.4) is 0 Å². The lowest BCUT2D eigenvalue weighted by Crippen LogP contribution is -2.54. The van der Waals surface area contributed by atoms with Crippen molar-refractivity contribution in [2.45, 2.75) is 6.92 Å². The van der Waals surface area contributed by atoms with E-state index in [0.29, 0.717) is 34.4 Å². The standard InChI is InChI=1S/C20H16ClIN2O5/c1-3-29-17-15(22)9-11(10-16(17)28-2)8-14-18(25)23-20(27)24(19(14)26)13-6-4-12(21)5-7-13/h4-10H,3H2,1-2H3,(H,23,25,27)/b14-8-. The third kappa shape index (κ3) is 4.38. The molecule has 3 rings (SSSR count). The first-order valence-electron chi connectivity index (χ1n) is 8.53. The molecule has 0 spiro atoms. The topological polar surface area (TPSA) is 84.9 Å². The average molecular weight is 527 g/mol. The van der Waals surface area contributed by atoms with Crippen LogP contribution in [-0.4, -0.2) is 31.6 Å². The number of urea groups is 1. The van der Waals surface area contributed by atoms with Crippen molar-refractivity contribution >= 4 is 63.8 Å². The Hall–Kier alpha value is -2.59. The number of halogens is 2. The molecule has 1 saturated heterocycles. The Morgan fingerprint density at radius 3 is 2.48 bits per heavy atom. The molecule has 1 N–H and O–H groups in total. The number of barbiturate groups is 1. The van der Waals surface area contributed by atoms with Crippen LogP contribution < -0.4 is 19.7 Å². The van der Waals surface area contributed by atoms with E-state index in [1.54, 1.807) is 24.3 Å². The molecule has 0 radical (unpaired) electrons. The zero-order chi connectivity index (χ0) is 21.1. The number of rotatable bonds is 5. The van der Waals surface area contributed by atoms with Gasteiger partial charge in [-0.05, 0) is 77.6 Å². The zero-order valence-corrected chi connectivity index (χ0v) is 18.4. The van der Waals surface area contributed by atoms with Crippen molar-refractivity contribution in [2.75, 3.05) is 18.6 Å². The highest BCUT2D eigenvalue weighted by atomic mass is 127. The Morgan fingerprint density at radius 1 is 1.17 bits per heavy atom. The summed E-state index contributed by atoms with van der Waals surface area (Å²) < 4.78 is 11.7. The van der Waals surface area contributed by atoms with E-state index in [0.717, 1.165) is 8.47 Å². The monoisotopic (exact) mass is 526 g/mol. The number of carbonyl (C=O) groups excluding carboxylic acids is 3. The average Bonchev–Trinajstić information content (AvgIpc) is 2.68. The maximum Gasteiger partial charge on any atom is 0.335 e. The second-order valence-corrected chi connectivity index (χ2v) is 7.50. The minimum absolute atomic E-state index is 0.179. The number of nitrogens with zero attached hydrogens (tertiary/aromatic N) is 1. The second kappa shape index (κ2) is 8.83. The Morgan fingerprint density at radius 2 is 1.86 bits per heavy atom. The summed E-state index contributed by atoms with van der Waals surface area (Å²) >= 11 is 7.95. The molecule has 1 heterocycles. The number of imide groups is 2. The molecule has 9 heteroatoms. The van der Waals surface area contributed by atoms with E-state index in [2.05, 4.69) is 27.9 Å². The van der Waals surface area contributed by atoms with Gasteiger partial charge in [0, 0.05) is 5.02 Å². The number of hydrogen-bond donors (Lipinski definition) is 1. The van der Waals surface area contributed by atoms with Crippen molar-refractivity contribution < 1.29 is 23.9 Å². The van der Waals surface area contributed by atoms with Crippen molar-refractivity contribution in [2.24, 2.45) is 0 Å². The molecule has 1 fully saturated rings. The highest BCUT2D eigenvalue weighted by molar-refractivity contribution is 14.1. The van der Waals surface area contributed by atoms with Gasteiger partial charge in [-0.25, -0.2) is 9.69 Å². The molecular weight excluding hydrogens is 511 g/mol. The molecule has 29 heavy (non-hydrogen) atoms. The number of benzene rings is 2. The smallest absolute Gasteiger partial charge is 0.335 e. The first-order valence-corrected chi connectivity index (χ1v) is 9.98. The first-order chi connectivity index (χ1) is 13.8. The largest absolute Gasteiger partial charge is 0.493 e. The number of hydrogen-bond acceptors (Lipinski definition) is 5. The highest BCUT2D eigenvalue weighted by Gasteiger charge is 2.36.